The van der Waals surface area contributed by atoms with Crippen molar-refractivity contribution in [3.05, 3.63) is 88.3 Å². The Bertz CT molecular complexity index is 1160. The third kappa shape index (κ3) is 4.03. The van der Waals surface area contributed by atoms with Crippen LogP contribution in [0.25, 0.3) is 22.4 Å². The molecule has 0 unspecified atom stereocenters. The minimum absolute atomic E-state index is 0.0425. The molecule has 0 fully saturated rings. The van der Waals surface area contributed by atoms with Crippen molar-refractivity contribution >= 4 is 15.9 Å². The van der Waals surface area contributed by atoms with Gasteiger partial charge in [0.05, 0.1) is 0 Å². The van der Waals surface area contributed by atoms with Crippen molar-refractivity contribution in [2.24, 2.45) is 0 Å². The average molecular weight is 453 g/mol. The van der Waals surface area contributed by atoms with Crippen LogP contribution in [0.5, 0.6) is 11.5 Å². The van der Waals surface area contributed by atoms with Crippen molar-refractivity contribution < 1.29 is 14.2 Å². The standard InChI is InChI=1S/C23H18BrFN2O2/c1-14-22(15-6-8-17(24)9-7-15)23(27-26-14)19-11-10-18(12-21(19)28)29-13-16-4-2-3-5-20(16)25/h2-12,28H,13H2,1H3,(H,26,27). The second-order valence-corrected chi connectivity index (χ2v) is 7.55. The number of aryl methyl sites for hydroxylation is 1. The molecule has 0 aliphatic rings. The van der Waals surface area contributed by atoms with Crippen LogP contribution in [0.3, 0.4) is 0 Å². The first-order valence-corrected chi connectivity index (χ1v) is 9.82. The number of benzene rings is 3. The summed E-state index contributed by atoms with van der Waals surface area (Å²) in [6, 6.07) is 19.4. The number of phenols is 1. The molecule has 4 rings (SSSR count). The number of H-pyrrole nitrogens is 1. The first kappa shape index (κ1) is 19.2. The van der Waals surface area contributed by atoms with Crippen molar-refractivity contribution in [3.63, 3.8) is 0 Å². The van der Waals surface area contributed by atoms with Crippen molar-refractivity contribution in [2.45, 2.75) is 13.5 Å². The molecule has 0 radical (unpaired) electrons. The van der Waals surface area contributed by atoms with E-state index in [1.165, 1.54) is 12.1 Å². The Morgan fingerprint density at radius 1 is 1.07 bits per heavy atom. The predicted octanol–water partition coefficient (Wildman–Crippen LogP) is 6.24. The molecular weight excluding hydrogens is 435 g/mol. The summed E-state index contributed by atoms with van der Waals surface area (Å²) in [7, 11) is 0. The monoisotopic (exact) mass is 452 g/mol. The van der Waals surface area contributed by atoms with Gasteiger partial charge in [-0.25, -0.2) is 4.39 Å². The molecule has 3 aromatic carbocycles. The van der Waals surface area contributed by atoms with E-state index in [9.17, 15) is 9.50 Å². The lowest BCUT2D eigenvalue weighted by Crippen LogP contribution is -1.98. The summed E-state index contributed by atoms with van der Waals surface area (Å²) in [6.07, 6.45) is 0. The molecule has 4 nitrogen and oxygen atoms in total. The largest absolute Gasteiger partial charge is 0.507 e. The zero-order valence-corrected chi connectivity index (χ0v) is 17.2. The van der Waals surface area contributed by atoms with E-state index in [2.05, 4.69) is 26.1 Å². The summed E-state index contributed by atoms with van der Waals surface area (Å²) >= 11 is 3.45. The average Bonchev–Trinajstić information content (AvgIpc) is 3.09. The van der Waals surface area contributed by atoms with Gasteiger partial charge < -0.3 is 9.84 Å². The van der Waals surface area contributed by atoms with Gasteiger partial charge in [0.15, 0.2) is 0 Å². The SMILES string of the molecule is Cc1[nH]nc(-c2ccc(OCc3ccccc3F)cc2O)c1-c1ccc(Br)cc1. The number of nitrogens with one attached hydrogen (secondary N) is 1. The summed E-state index contributed by atoms with van der Waals surface area (Å²) in [5, 5.41) is 18.0. The van der Waals surface area contributed by atoms with Crippen LogP contribution < -0.4 is 4.74 Å². The molecule has 0 aliphatic heterocycles. The van der Waals surface area contributed by atoms with E-state index >= 15 is 0 Å². The van der Waals surface area contributed by atoms with E-state index in [4.69, 9.17) is 4.74 Å². The number of phenolic OH excluding ortho intramolecular Hbond substituents is 1. The fraction of sp³-hybridized carbons (Fsp3) is 0.0870. The van der Waals surface area contributed by atoms with Gasteiger partial charge in [-0.2, -0.15) is 5.10 Å². The number of aromatic hydroxyl groups is 1. The second-order valence-electron chi connectivity index (χ2n) is 6.64. The van der Waals surface area contributed by atoms with Crippen LogP contribution in [0.15, 0.2) is 71.2 Å². The van der Waals surface area contributed by atoms with Gasteiger partial charge in [-0.1, -0.05) is 46.3 Å². The third-order valence-electron chi connectivity index (χ3n) is 4.66. The maximum atomic E-state index is 13.7. The molecule has 2 N–H and O–H groups in total. The van der Waals surface area contributed by atoms with Gasteiger partial charge in [0.25, 0.3) is 0 Å². The molecule has 1 heterocycles. The van der Waals surface area contributed by atoms with Crippen LogP contribution in [-0.2, 0) is 6.61 Å². The molecule has 146 valence electrons. The second kappa shape index (κ2) is 8.09. The number of hydrogen-bond donors (Lipinski definition) is 2. The minimum Gasteiger partial charge on any atom is -0.507 e. The van der Waals surface area contributed by atoms with Crippen LogP contribution in [0.1, 0.15) is 11.3 Å². The van der Waals surface area contributed by atoms with Gasteiger partial charge in [0, 0.05) is 32.9 Å². The summed E-state index contributed by atoms with van der Waals surface area (Å²) in [5.74, 6) is 0.173. The zero-order chi connectivity index (χ0) is 20.4. The molecule has 0 spiro atoms. The van der Waals surface area contributed by atoms with Gasteiger partial charge in [-0.3, -0.25) is 5.10 Å². The lowest BCUT2D eigenvalue weighted by atomic mass is 9.99. The number of rotatable bonds is 5. The van der Waals surface area contributed by atoms with Crippen LogP contribution in [0, 0.1) is 12.7 Å². The van der Waals surface area contributed by atoms with Gasteiger partial charge in [0.1, 0.15) is 29.6 Å². The lowest BCUT2D eigenvalue weighted by molar-refractivity contribution is 0.298. The summed E-state index contributed by atoms with van der Waals surface area (Å²) in [4.78, 5) is 0. The smallest absolute Gasteiger partial charge is 0.129 e. The van der Waals surface area contributed by atoms with Crippen LogP contribution in [0.2, 0.25) is 0 Å². The molecule has 0 saturated carbocycles. The van der Waals surface area contributed by atoms with Gasteiger partial charge in [-0.05, 0) is 42.8 Å². The van der Waals surface area contributed by atoms with Crippen molar-refractivity contribution in [3.8, 4) is 33.9 Å². The number of nitrogens with zero attached hydrogens (tertiary/aromatic N) is 1. The zero-order valence-electron chi connectivity index (χ0n) is 15.6. The Hall–Kier alpha value is -3.12. The molecule has 0 amide bonds. The summed E-state index contributed by atoms with van der Waals surface area (Å²) in [5.41, 5.74) is 4.52. The number of aromatic nitrogens is 2. The fourth-order valence-electron chi connectivity index (χ4n) is 3.17. The minimum atomic E-state index is -0.320. The van der Waals surface area contributed by atoms with Crippen LogP contribution in [-0.4, -0.2) is 15.3 Å². The highest BCUT2D eigenvalue weighted by atomic mass is 79.9. The first-order chi connectivity index (χ1) is 14.0. The van der Waals surface area contributed by atoms with E-state index < -0.39 is 0 Å². The highest BCUT2D eigenvalue weighted by Gasteiger charge is 2.17. The van der Waals surface area contributed by atoms with E-state index in [1.807, 2.05) is 31.2 Å². The Morgan fingerprint density at radius 3 is 2.55 bits per heavy atom. The van der Waals surface area contributed by atoms with Crippen molar-refractivity contribution in [1.82, 2.24) is 10.2 Å². The van der Waals surface area contributed by atoms with Gasteiger partial charge >= 0.3 is 0 Å². The number of hydrogen-bond acceptors (Lipinski definition) is 3. The highest BCUT2D eigenvalue weighted by molar-refractivity contribution is 9.10. The quantitative estimate of drug-likeness (QED) is 0.376. The Balaban J connectivity index is 1.62. The van der Waals surface area contributed by atoms with Gasteiger partial charge in [-0.15, -0.1) is 0 Å². The molecule has 0 bridgehead atoms. The first-order valence-electron chi connectivity index (χ1n) is 9.03. The maximum absolute atomic E-state index is 13.7. The maximum Gasteiger partial charge on any atom is 0.129 e. The topological polar surface area (TPSA) is 58.1 Å². The molecular formula is C23H18BrFN2O2. The Labute approximate surface area is 176 Å². The van der Waals surface area contributed by atoms with Crippen LogP contribution >= 0.6 is 15.9 Å². The molecule has 0 atom stereocenters. The van der Waals surface area contributed by atoms with E-state index in [-0.39, 0.29) is 18.2 Å². The van der Waals surface area contributed by atoms with Crippen molar-refractivity contribution in [1.29, 1.82) is 0 Å². The Kier molecular flexibility index (Phi) is 5.36. The molecule has 0 aliphatic carbocycles. The molecule has 6 heteroatoms. The van der Waals surface area contributed by atoms with Crippen molar-refractivity contribution in [2.75, 3.05) is 0 Å². The molecule has 4 aromatic rings. The number of ether oxygens (including phenoxy) is 1. The molecule has 1 aromatic heterocycles. The summed E-state index contributed by atoms with van der Waals surface area (Å²) < 4.78 is 20.4. The number of aromatic amines is 1. The third-order valence-corrected chi connectivity index (χ3v) is 5.19. The molecule has 0 saturated heterocycles. The normalized spacial score (nSPS) is 10.9. The summed E-state index contributed by atoms with van der Waals surface area (Å²) in [6.45, 7) is 2.02. The lowest BCUT2D eigenvalue weighted by Gasteiger charge is -2.10. The van der Waals surface area contributed by atoms with E-state index in [1.54, 1.807) is 30.3 Å². The highest BCUT2D eigenvalue weighted by Crippen LogP contribution is 2.39. The van der Waals surface area contributed by atoms with Gasteiger partial charge in [0.2, 0.25) is 0 Å². The predicted molar refractivity (Wildman–Crippen MR) is 114 cm³/mol. The van der Waals surface area contributed by atoms with E-state index in [0.29, 0.717) is 22.6 Å². The van der Waals surface area contributed by atoms with E-state index in [0.717, 1.165) is 21.3 Å². The Morgan fingerprint density at radius 2 is 1.83 bits per heavy atom. The van der Waals surface area contributed by atoms with Crippen LogP contribution in [0.4, 0.5) is 4.39 Å². The fourth-order valence-corrected chi connectivity index (χ4v) is 3.44. The molecule has 29 heavy (non-hydrogen) atoms. The number of halogens is 2.